The molecular weight excluding hydrogens is 305 g/mol. The third kappa shape index (κ3) is 6.23. The van der Waals surface area contributed by atoms with E-state index in [4.69, 9.17) is 5.11 Å². The van der Waals surface area contributed by atoms with Gasteiger partial charge in [0.05, 0.1) is 6.42 Å². The summed E-state index contributed by atoms with van der Waals surface area (Å²) in [5.41, 5.74) is 0. The average molecular weight is 316 g/mol. The van der Waals surface area contributed by atoms with E-state index < -0.39 is 12.0 Å². The first kappa shape index (κ1) is 13.1. The van der Waals surface area contributed by atoms with Crippen molar-refractivity contribution in [3.05, 3.63) is 0 Å². The maximum absolute atomic E-state index is 10.9. The molecule has 0 aromatic carbocycles. The van der Waals surface area contributed by atoms with Gasteiger partial charge in [-0.25, -0.2) is 0 Å². The molecule has 0 aliphatic heterocycles. The molecule has 1 amide bonds. The van der Waals surface area contributed by atoms with Crippen LogP contribution in [0, 0.1) is 0 Å². The van der Waals surface area contributed by atoms with E-state index >= 15 is 0 Å². The molecule has 13 heavy (non-hydrogen) atoms. The molecule has 2 unspecified atom stereocenters. The topological polar surface area (TPSA) is 78.4 Å². The van der Waals surface area contributed by atoms with Gasteiger partial charge >= 0.3 is 10.4 Å². The summed E-state index contributed by atoms with van der Waals surface area (Å²) >= 11 is 2.01. The van der Waals surface area contributed by atoms with Gasteiger partial charge in [0, 0.05) is 7.05 Å². The highest BCUT2D eigenvalue weighted by Crippen LogP contribution is 2.03. The van der Waals surface area contributed by atoms with Gasteiger partial charge in [-0.3, -0.25) is 9.59 Å². The predicted molar refractivity (Wildman–Crippen MR) is 62.7 cm³/mol. The number of aliphatic carboxylic acids is 1. The van der Waals surface area contributed by atoms with Gasteiger partial charge < -0.3 is 15.7 Å². The summed E-state index contributed by atoms with van der Waals surface area (Å²) in [5.74, 6) is -1.31. The number of hydrogen-bond donors (Lipinski definition) is 3. The lowest BCUT2D eigenvalue weighted by Crippen LogP contribution is -2.43. The third-order valence-electron chi connectivity index (χ3n) is 1.33. The van der Waals surface area contributed by atoms with Crippen LogP contribution in [0.15, 0.2) is 0 Å². The standard InChI is InChI=1S/C5H11BIN2O3P/c1-8-4(10)2-3(5(11)12)9-6(7)13/h3,9H,2,13H2,1H3,(H,8,10)(H,11,12). The minimum absolute atomic E-state index is 0.0558. The fraction of sp³-hybridized carbons (Fsp3) is 0.600. The molecule has 2 atom stereocenters. The van der Waals surface area contributed by atoms with E-state index in [1.807, 2.05) is 22.4 Å². The van der Waals surface area contributed by atoms with Crippen LogP contribution in [0.4, 0.5) is 0 Å². The zero-order chi connectivity index (χ0) is 10.4. The van der Waals surface area contributed by atoms with Crippen LogP contribution < -0.4 is 10.5 Å². The second kappa shape index (κ2) is 6.56. The SMILES string of the molecule is CNC(=O)CC(NB(P)I)C(=O)O. The van der Waals surface area contributed by atoms with E-state index in [1.54, 1.807) is 0 Å². The van der Waals surface area contributed by atoms with Gasteiger partial charge in [0.1, 0.15) is 6.04 Å². The number of halogens is 1. The van der Waals surface area contributed by atoms with Crippen molar-refractivity contribution in [2.24, 2.45) is 0 Å². The second-order valence-electron chi connectivity index (χ2n) is 2.34. The van der Waals surface area contributed by atoms with Crippen LogP contribution in [-0.4, -0.2) is 34.5 Å². The Morgan fingerprint density at radius 1 is 1.69 bits per heavy atom. The molecule has 0 fully saturated rings. The molecule has 0 rings (SSSR count). The van der Waals surface area contributed by atoms with Gasteiger partial charge in [-0.2, -0.15) is 0 Å². The van der Waals surface area contributed by atoms with Crippen LogP contribution in [0.2, 0.25) is 0 Å². The Kier molecular flexibility index (Phi) is 6.62. The fourth-order valence-corrected chi connectivity index (χ4v) is 1.36. The molecule has 0 bridgehead atoms. The molecular formula is C5H11BIN2O3P. The van der Waals surface area contributed by atoms with Crippen LogP contribution in [0.1, 0.15) is 6.42 Å². The van der Waals surface area contributed by atoms with E-state index in [9.17, 15) is 9.59 Å². The molecule has 0 heterocycles. The number of amides is 1. The molecule has 74 valence electrons. The van der Waals surface area contributed by atoms with Crippen molar-refractivity contribution in [2.75, 3.05) is 7.05 Å². The summed E-state index contributed by atoms with van der Waals surface area (Å²) in [4.78, 5) is 21.5. The lowest BCUT2D eigenvalue weighted by molar-refractivity contribution is -0.140. The Bertz CT molecular complexity index is 204. The highest BCUT2D eigenvalue weighted by molar-refractivity contribution is 14.1. The zero-order valence-electron chi connectivity index (χ0n) is 7.08. The molecule has 0 aliphatic carbocycles. The van der Waals surface area contributed by atoms with E-state index in [0.29, 0.717) is 0 Å². The minimum atomic E-state index is -1.02. The van der Waals surface area contributed by atoms with Crippen LogP contribution in [-0.2, 0) is 9.59 Å². The van der Waals surface area contributed by atoms with E-state index in [1.165, 1.54) is 7.05 Å². The molecule has 0 aromatic heterocycles. The van der Waals surface area contributed by atoms with Crippen molar-refractivity contribution in [2.45, 2.75) is 12.5 Å². The number of carboxylic acid groups (broad SMARTS) is 1. The summed E-state index contributed by atoms with van der Waals surface area (Å²) in [5, 5.41) is 13.8. The van der Waals surface area contributed by atoms with Gasteiger partial charge in [0.25, 0.3) is 0 Å². The lowest BCUT2D eigenvalue weighted by Gasteiger charge is -2.13. The van der Waals surface area contributed by atoms with E-state index in [-0.39, 0.29) is 16.8 Å². The van der Waals surface area contributed by atoms with Crippen molar-refractivity contribution < 1.29 is 14.7 Å². The Morgan fingerprint density at radius 3 is 2.54 bits per heavy atom. The van der Waals surface area contributed by atoms with Crippen molar-refractivity contribution >= 4 is 47.8 Å². The number of nitrogens with one attached hydrogen (secondary N) is 2. The Hall–Kier alpha value is 0.125. The molecule has 0 saturated carbocycles. The molecule has 0 spiro atoms. The number of carbonyl (C=O) groups is 2. The summed E-state index contributed by atoms with van der Waals surface area (Å²) in [6.07, 6.45) is -0.0558. The highest BCUT2D eigenvalue weighted by Gasteiger charge is 2.22. The Labute approximate surface area is 92.5 Å². The maximum atomic E-state index is 10.9. The Morgan fingerprint density at radius 2 is 2.23 bits per heavy atom. The van der Waals surface area contributed by atoms with E-state index in [2.05, 4.69) is 19.7 Å². The first-order valence-corrected chi connectivity index (χ1v) is 5.47. The zero-order valence-corrected chi connectivity index (χ0v) is 10.4. The summed E-state index contributed by atoms with van der Waals surface area (Å²) in [7, 11) is 3.88. The largest absolute Gasteiger partial charge is 0.480 e. The maximum Gasteiger partial charge on any atom is 0.320 e. The van der Waals surface area contributed by atoms with Crippen LogP contribution in [0.5, 0.6) is 0 Å². The predicted octanol–water partition coefficient (Wildman–Crippen LogP) is -0.540. The van der Waals surface area contributed by atoms with Gasteiger partial charge in [0.2, 0.25) is 5.91 Å². The minimum Gasteiger partial charge on any atom is -0.480 e. The fourth-order valence-electron chi connectivity index (χ4n) is 0.697. The first-order valence-electron chi connectivity index (χ1n) is 3.56. The summed E-state index contributed by atoms with van der Waals surface area (Å²) in [6.45, 7) is 0. The van der Waals surface area contributed by atoms with Gasteiger partial charge in [-0.15, -0.1) is 31.5 Å². The first-order chi connectivity index (χ1) is 5.97. The summed E-state index contributed by atoms with van der Waals surface area (Å²) < 4.78 is -0.0663. The normalized spacial score (nSPS) is 11.9. The molecule has 3 N–H and O–H groups in total. The third-order valence-corrected chi connectivity index (χ3v) is 1.88. The molecule has 8 heteroatoms. The average Bonchev–Trinajstić information content (AvgIpc) is 2.02. The Balaban J connectivity index is 4.10. The van der Waals surface area contributed by atoms with Crippen LogP contribution >= 0.6 is 31.5 Å². The number of rotatable bonds is 5. The van der Waals surface area contributed by atoms with Gasteiger partial charge in [-0.1, -0.05) is 0 Å². The smallest absolute Gasteiger partial charge is 0.320 e. The molecule has 5 nitrogen and oxygen atoms in total. The monoisotopic (exact) mass is 316 g/mol. The quantitative estimate of drug-likeness (QED) is 0.362. The number of hydrogen-bond acceptors (Lipinski definition) is 3. The van der Waals surface area contributed by atoms with E-state index in [0.717, 1.165) is 0 Å². The van der Waals surface area contributed by atoms with Crippen LogP contribution in [0.3, 0.4) is 0 Å². The van der Waals surface area contributed by atoms with Crippen molar-refractivity contribution in [1.29, 1.82) is 0 Å². The second-order valence-corrected chi connectivity index (χ2v) is 5.70. The highest BCUT2D eigenvalue weighted by atomic mass is 127. The van der Waals surface area contributed by atoms with Crippen molar-refractivity contribution in [3.63, 3.8) is 0 Å². The van der Waals surface area contributed by atoms with Crippen molar-refractivity contribution in [1.82, 2.24) is 10.5 Å². The van der Waals surface area contributed by atoms with Gasteiger partial charge in [-0.05, 0) is 0 Å². The lowest BCUT2D eigenvalue weighted by atomic mass is 10.1. The molecule has 0 saturated heterocycles. The van der Waals surface area contributed by atoms with Crippen LogP contribution in [0.25, 0.3) is 0 Å². The summed E-state index contributed by atoms with van der Waals surface area (Å²) in [6, 6.07) is -0.834. The van der Waals surface area contributed by atoms with Crippen molar-refractivity contribution in [3.8, 4) is 0 Å². The van der Waals surface area contributed by atoms with Gasteiger partial charge in [0.15, 0.2) is 0 Å². The molecule has 0 aliphatic rings. The number of carbonyl (C=O) groups excluding carboxylic acids is 1. The molecule has 0 radical (unpaired) electrons. The molecule has 0 aromatic rings. The number of carboxylic acids is 1.